The van der Waals surface area contributed by atoms with Gasteiger partial charge in [-0.1, -0.05) is 38.3 Å². The Labute approximate surface area is 142 Å². The van der Waals surface area contributed by atoms with Crippen molar-refractivity contribution in [2.75, 3.05) is 6.61 Å². The second-order valence-corrected chi connectivity index (χ2v) is 7.80. The molecule has 0 amide bonds. The summed E-state index contributed by atoms with van der Waals surface area (Å²) in [6.45, 7) is 5.17. The van der Waals surface area contributed by atoms with Crippen LogP contribution in [-0.4, -0.2) is 6.61 Å². The lowest BCUT2D eigenvalue weighted by molar-refractivity contribution is 0.158. The second-order valence-electron chi connectivity index (χ2n) is 7.80. The average molecular weight is 315 g/mol. The van der Waals surface area contributed by atoms with Crippen molar-refractivity contribution >= 4 is 0 Å². The van der Waals surface area contributed by atoms with E-state index in [0.717, 1.165) is 36.0 Å². The highest BCUT2D eigenvalue weighted by Gasteiger charge is 2.30. The van der Waals surface area contributed by atoms with Gasteiger partial charge in [0.25, 0.3) is 0 Å². The normalized spacial score (nSPS) is 31.7. The third-order valence-electron chi connectivity index (χ3n) is 6.57. The summed E-state index contributed by atoms with van der Waals surface area (Å²) in [5, 5.41) is 0. The van der Waals surface area contributed by atoms with Gasteiger partial charge in [0.05, 0.1) is 6.61 Å². The van der Waals surface area contributed by atoms with Crippen molar-refractivity contribution in [2.24, 2.45) is 17.8 Å². The molecule has 3 rings (SSSR count). The smallest absolute Gasteiger partial charge is 0.119 e. The molecule has 0 aliphatic heterocycles. The fraction of sp³-hybridized carbons (Fsp3) is 0.727. The number of hydrogen-bond acceptors (Lipinski definition) is 1. The van der Waals surface area contributed by atoms with Gasteiger partial charge in [0.2, 0.25) is 0 Å². The Hall–Kier alpha value is -0.980. The molecule has 2 fully saturated rings. The van der Waals surface area contributed by atoms with Crippen molar-refractivity contribution in [2.45, 2.75) is 77.6 Å². The third-order valence-corrected chi connectivity index (χ3v) is 6.57. The van der Waals surface area contributed by atoms with Gasteiger partial charge in [-0.15, -0.1) is 0 Å². The van der Waals surface area contributed by atoms with Crippen molar-refractivity contribution in [3.8, 4) is 5.75 Å². The van der Waals surface area contributed by atoms with Gasteiger partial charge < -0.3 is 4.74 Å². The summed E-state index contributed by atoms with van der Waals surface area (Å²) in [6.07, 6.45) is 13.1. The van der Waals surface area contributed by atoms with Crippen LogP contribution < -0.4 is 4.74 Å². The Morgan fingerprint density at radius 1 is 0.783 bits per heavy atom. The maximum Gasteiger partial charge on any atom is 0.119 e. The summed E-state index contributed by atoms with van der Waals surface area (Å²) in [4.78, 5) is 0. The fourth-order valence-corrected chi connectivity index (χ4v) is 4.99. The zero-order valence-corrected chi connectivity index (χ0v) is 15.1. The minimum absolute atomic E-state index is 0.755. The van der Waals surface area contributed by atoms with Gasteiger partial charge in [-0.25, -0.2) is 0 Å². The number of benzene rings is 1. The van der Waals surface area contributed by atoms with Crippen molar-refractivity contribution in [1.82, 2.24) is 0 Å². The quantitative estimate of drug-likeness (QED) is 0.596. The molecule has 128 valence electrons. The molecule has 0 spiro atoms. The topological polar surface area (TPSA) is 9.23 Å². The van der Waals surface area contributed by atoms with Gasteiger partial charge in [0.15, 0.2) is 0 Å². The summed E-state index contributed by atoms with van der Waals surface area (Å²) in [5.74, 6) is 4.89. The first kappa shape index (κ1) is 16.9. The van der Waals surface area contributed by atoms with E-state index in [0.29, 0.717) is 0 Å². The van der Waals surface area contributed by atoms with E-state index in [1.165, 1.54) is 63.4 Å². The molecular formula is C22H34O. The molecule has 0 heterocycles. The number of rotatable bonds is 5. The van der Waals surface area contributed by atoms with Gasteiger partial charge in [0, 0.05) is 0 Å². The lowest BCUT2D eigenvalue weighted by Gasteiger charge is -2.38. The van der Waals surface area contributed by atoms with Gasteiger partial charge >= 0.3 is 0 Å². The maximum absolute atomic E-state index is 5.56. The standard InChI is InChI=1S/C22H34O/c1-3-17-5-7-18(8-6-17)19-9-11-20(12-10-19)21-13-15-22(16-14-21)23-4-2/h13-20H,3-12H2,1-2H3. The molecule has 1 nitrogen and oxygen atoms in total. The number of hydrogen-bond donors (Lipinski definition) is 0. The predicted octanol–water partition coefficient (Wildman–Crippen LogP) is 6.58. The van der Waals surface area contributed by atoms with E-state index < -0.39 is 0 Å². The van der Waals surface area contributed by atoms with Crippen LogP contribution in [0.15, 0.2) is 24.3 Å². The van der Waals surface area contributed by atoms with E-state index in [4.69, 9.17) is 4.74 Å². The molecule has 2 aliphatic carbocycles. The Bertz CT molecular complexity index is 447. The fourth-order valence-electron chi connectivity index (χ4n) is 4.99. The molecule has 0 bridgehead atoms. The minimum Gasteiger partial charge on any atom is -0.494 e. The van der Waals surface area contributed by atoms with E-state index in [1.54, 1.807) is 0 Å². The van der Waals surface area contributed by atoms with Crippen molar-refractivity contribution in [3.05, 3.63) is 29.8 Å². The van der Waals surface area contributed by atoms with Crippen LogP contribution in [0.4, 0.5) is 0 Å². The predicted molar refractivity (Wildman–Crippen MR) is 98.0 cm³/mol. The van der Waals surface area contributed by atoms with E-state index in [-0.39, 0.29) is 0 Å². The van der Waals surface area contributed by atoms with Crippen LogP contribution in [0, 0.1) is 17.8 Å². The highest BCUT2D eigenvalue weighted by molar-refractivity contribution is 5.29. The van der Waals surface area contributed by atoms with Crippen molar-refractivity contribution < 1.29 is 4.74 Å². The molecule has 2 aliphatic rings. The summed E-state index contributed by atoms with van der Waals surface area (Å²) >= 11 is 0. The monoisotopic (exact) mass is 314 g/mol. The molecule has 2 saturated carbocycles. The SMILES string of the molecule is CCOc1ccc(C2CCC(C3CCC(CC)CC3)CC2)cc1. The first-order valence-corrected chi connectivity index (χ1v) is 10.0. The highest BCUT2D eigenvalue weighted by atomic mass is 16.5. The van der Waals surface area contributed by atoms with Gasteiger partial charge in [-0.2, -0.15) is 0 Å². The van der Waals surface area contributed by atoms with Crippen LogP contribution in [0.1, 0.15) is 83.1 Å². The maximum atomic E-state index is 5.56. The van der Waals surface area contributed by atoms with Gasteiger partial charge in [0.1, 0.15) is 5.75 Å². The zero-order chi connectivity index (χ0) is 16.1. The molecular weight excluding hydrogens is 280 g/mol. The summed E-state index contributed by atoms with van der Waals surface area (Å²) in [6, 6.07) is 8.89. The Morgan fingerprint density at radius 2 is 1.35 bits per heavy atom. The third kappa shape index (κ3) is 4.31. The molecule has 0 atom stereocenters. The molecule has 23 heavy (non-hydrogen) atoms. The molecule has 0 N–H and O–H groups in total. The van der Waals surface area contributed by atoms with Crippen LogP contribution in [0.2, 0.25) is 0 Å². The minimum atomic E-state index is 0.755. The summed E-state index contributed by atoms with van der Waals surface area (Å²) < 4.78 is 5.56. The Balaban J connectivity index is 1.48. The molecule has 1 aromatic rings. The van der Waals surface area contributed by atoms with Crippen LogP contribution in [0.25, 0.3) is 0 Å². The van der Waals surface area contributed by atoms with Crippen LogP contribution in [0.5, 0.6) is 5.75 Å². The van der Waals surface area contributed by atoms with Crippen LogP contribution in [-0.2, 0) is 0 Å². The largest absolute Gasteiger partial charge is 0.494 e. The van der Waals surface area contributed by atoms with Gasteiger partial charge in [-0.05, 0) is 86.8 Å². The molecule has 0 saturated heterocycles. The van der Waals surface area contributed by atoms with Crippen LogP contribution in [0.3, 0.4) is 0 Å². The second kappa shape index (κ2) is 8.22. The average Bonchev–Trinajstić information content (AvgIpc) is 2.63. The Kier molecular flexibility index (Phi) is 6.02. The van der Waals surface area contributed by atoms with E-state index >= 15 is 0 Å². The summed E-state index contributed by atoms with van der Waals surface area (Å²) in [5.41, 5.74) is 1.53. The Morgan fingerprint density at radius 3 is 1.87 bits per heavy atom. The first-order valence-electron chi connectivity index (χ1n) is 10.0. The van der Waals surface area contributed by atoms with Crippen LogP contribution >= 0.6 is 0 Å². The zero-order valence-electron chi connectivity index (χ0n) is 15.1. The number of ether oxygens (including phenoxy) is 1. The molecule has 0 aromatic heterocycles. The van der Waals surface area contributed by atoms with E-state index in [1.807, 2.05) is 6.92 Å². The van der Waals surface area contributed by atoms with E-state index in [2.05, 4.69) is 31.2 Å². The lowest BCUT2D eigenvalue weighted by atomic mass is 9.68. The van der Waals surface area contributed by atoms with Gasteiger partial charge in [-0.3, -0.25) is 0 Å². The highest BCUT2D eigenvalue weighted by Crippen LogP contribution is 2.44. The molecule has 1 aromatic carbocycles. The molecule has 0 unspecified atom stereocenters. The first-order chi connectivity index (χ1) is 11.3. The van der Waals surface area contributed by atoms with E-state index in [9.17, 15) is 0 Å². The van der Waals surface area contributed by atoms with Crippen molar-refractivity contribution in [3.63, 3.8) is 0 Å². The molecule has 1 heteroatoms. The molecule has 0 radical (unpaired) electrons. The lowest BCUT2D eigenvalue weighted by Crippen LogP contribution is -2.25. The summed E-state index contributed by atoms with van der Waals surface area (Å²) in [7, 11) is 0. The van der Waals surface area contributed by atoms with Crippen molar-refractivity contribution in [1.29, 1.82) is 0 Å².